The van der Waals surface area contributed by atoms with Crippen molar-refractivity contribution in [1.29, 1.82) is 0 Å². The fraction of sp³-hybridized carbons (Fsp3) is 0.206. The molecular weight excluding hydrogens is 619 g/mol. The molecule has 0 radical (unpaired) electrons. The molecule has 1 aliphatic rings. The van der Waals surface area contributed by atoms with Gasteiger partial charge in [0, 0.05) is 37.0 Å². The molecule has 2 atom stereocenters. The van der Waals surface area contributed by atoms with Crippen LogP contribution in [0, 0.1) is 5.41 Å². The van der Waals surface area contributed by atoms with Crippen molar-refractivity contribution in [3.05, 3.63) is 141 Å². The van der Waals surface area contributed by atoms with Crippen LogP contribution in [0.2, 0.25) is 10.0 Å². The predicted molar refractivity (Wildman–Crippen MR) is 167 cm³/mol. The number of nitrogens with zero attached hydrogens (tertiary/aromatic N) is 2. The van der Waals surface area contributed by atoms with E-state index in [4.69, 9.17) is 33.0 Å². The monoisotopic (exact) mass is 648 g/mol. The van der Waals surface area contributed by atoms with Crippen LogP contribution in [0.4, 0.5) is 4.79 Å². The molecule has 0 aliphatic carbocycles. The van der Waals surface area contributed by atoms with Gasteiger partial charge in [-0.3, -0.25) is 29.9 Å². The van der Waals surface area contributed by atoms with Gasteiger partial charge in [-0.15, -0.1) is 0 Å². The van der Waals surface area contributed by atoms with Gasteiger partial charge in [0.25, 0.3) is 0 Å². The third-order valence-electron chi connectivity index (χ3n) is 8.52. The molecule has 45 heavy (non-hydrogen) atoms. The van der Waals surface area contributed by atoms with E-state index >= 15 is 0 Å². The van der Waals surface area contributed by atoms with Crippen LogP contribution in [-0.2, 0) is 30.6 Å². The Morgan fingerprint density at radius 2 is 0.889 bits per heavy atom. The lowest BCUT2D eigenvalue weighted by Crippen LogP contribution is -2.66. The molecule has 2 N–H and O–H groups in total. The molecule has 4 amide bonds. The van der Waals surface area contributed by atoms with Crippen molar-refractivity contribution in [2.45, 2.75) is 24.0 Å². The van der Waals surface area contributed by atoms with E-state index in [1.165, 1.54) is 14.1 Å². The first-order valence-corrected chi connectivity index (χ1v) is 14.7. The van der Waals surface area contributed by atoms with E-state index in [1.54, 1.807) is 109 Å². The number of imide groups is 2. The molecule has 232 valence electrons. The summed E-state index contributed by atoms with van der Waals surface area (Å²) >= 11 is 12.4. The van der Waals surface area contributed by atoms with Crippen LogP contribution in [0.1, 0.15) is 35.1 Å². The maximum atomic E-state index is 14.6. The number of halogens is 2. The highest BCUT2D eigenvalue weighted by atomic mass is 35.5. The van der Waals surface area contributed by atoms with Crippen molar-refractivity contribution in [1.82, 2.24) is 9.80 Å². The fourth-order valence-corrected chi connectivity index (χ4v) is 6.47. The average molecular weight is 650 g/mol. The highest BCUT2D eigenvalue weighted by Crippen LogP contribution is 2.53. The summed E-state index contributed by atoms with van der Waals surface area (Å²) in [6, 6.07) is 29.1. The van der Waals surface area contributed by atoms with Gasteiger partial charge in [0.1, 0.15) is 5.41 Å². The minimum Gasteiger partial charge on any atom is -0.273 e. The van der Waals surface area contributed by atoms with Gasteiger partial charge < -0.3 is 0 Å². The molecule has 1 heterocycles. The van der Waals surface area contributed by atoms with Crippen molar-refractivity contribution < 1.29 is 34.7 Å². The van der Waals surface area contributed by atoms with Crippen molar-refractivity contribution in [3.63, 3.8) is 0 Å². The van der Waals surface area contributed by atoms with E-state index < -0.39 is 47.3 Å². The first-order valence-electron chi connectivity index (χ1n) is 13.9. The fourth-order valence-electron chi connectivity index (χ4n) is 6.22. The molecule has 0 spiro atoms. The van der Waals surface area contributed by atoms with E-state index in [0.29, 0.717) is 32.3 Å². The van der Waals surface area contributed by atoms with Gasteiger partial charge in [0.05, 0.1) is 0 Å². The Morgan fingerprint density at radius 3 is 1.20 bits per heavy atom. The van der Waals surface area contributed by atoms with E-state index in [2.05, 4.69) is 0 Å². The Kier molecular flexibility index (Phi) is 9.14. The summed E-state index contributed by atoms with van der Waals surface area (Å²) in [6.45, 7) is 0. The maximum absolute atomic E-state index is 14.6. The number of benzene rings is 4. The third-order valence-corrected chi connectivity index (χ3v) is 9.02. The van der Waals surface area contributed by atoms with Crippen molar-refractivity contribution in [3.8, 4) is 0 Å². The number of urea groups is 1. The van der Waals surface area contributed by atoms with Crippen LogP contribution < -0.4 is 0 Å². The standard InChI is InChI=1S/C34H30Cl2N2O7/c1-37-29(39)32(30(40)38(2)31(37)41,21-33(44-42,23-9-5-3-6-10-23)25-13-17-27(35)18-14-25)22-34(45-43,24-11-7-4-8-12-24)26-15-19-28(36)20-16-26/h3-20,42-43H,21-22H2,1-2H3. The van der Waals surface area contributed by atoms with E-state index in [1.807, 2.05) is 0 Å². The minimum absolute atomic E-state index is 0.365. The molecule has 4 aromatic carbocycles. The summed E-state index contributed by atoms with van der Waals surface area (Å²) < 4.78 is 0. The number of carbonyl (C=O) groups is 3. The average Bonchev–Trinajstić information content (AvgIpc) is 3.08. The summed E-state index contributed by atoms with van der Waals surface area (Å²) in [7, 11) is 2.53. The highest BCUT2D eigenvalue weighted by molar-refractivity contribution is 6.30. The summed E-state index contributed by atoms with van der Waals surface area (Å²) in [4.78, 5) is 54.6. The molecule has 0 aromatic heterocycles. The first kappa shape index (κ1) is 32.3. The van der Waals surface area contributed by atoms with Gasteiger partial charge in [-0.2, -0.15) is 0 Å². The SMILES string of the molecule is CN1C(=O)N(C)C(=O)C(CC(OO)(c2ccccc2)c2ccc(Cl)cc2)(CC(OO)(c2ccccc2)c2ccc(Cl)cc2)C1=O. The molecule has 0 saturated carbocycles. The second-order valence-corrected chi connectivity index (χ2v) is 11.9. The van der Waals surface area contributed by atoms with Crippen LogP contribution in [0.3, 0.4) is 0 Å². The topological polar surface area (TPSA) is 117 Å². The summed E-state index contributed by atoms with van der Waals surface area (Å²) in [5, 5.41) is 22.5. The minimum atomic E-state index is -2.19. The van der Waals surface area contributed by atoms with Gasteiger partial charge in [0.2, 0.25) is 11.8 Å². The summed E-state index contributed by atoms with van der Waals surface area (Å²) in [5.74, 6) is -1.76. The Balaban J connectivity index is 1.83. The van der Waals surface area contributed by atoms with Crippen LogP contribution in [0.5, 0.6) is 0 Å². The normalized spacial score (nSPS) is 17.6. The first-order chi connectivity index (χ1) is 21.5. The predicted octanol–water partition coefficient (Wildman–Crippen LogP) is 6.98. The molecule has 4 aromatic rings. The van der Waals surface area contributed by atoms with Crippen molar-refractivity contribution >= 4 is 41.0 Å². The van der Waals surface area contributed by atoms with Gasteiger partial charge in [-0.05, 0) is 46.5 Å². The van der Waals surface area contributed by atoms with Gasteiger partial charge >= 0.3 is 6.03 Å². The molecule has 1 fully saturated rings. The molecular formula is C34H30Cl2N2O7. The number of rotatable bonds is 10. The third kappa shape index (κ3) is 5.52. The van der Waals surface area contributed by atoms with E-state index in [9.17, 15) is 24.9 Å². The number of carbonyl (C=O) groups excluding carboxylic acids is 3. The zero-order valence-electron chi connectivity index (χ0n) is 24.4. The Morgan fingerprint density at radius 1 is 0.578 bits per heavy atom. The van der Waals surface area contributed by atoms with Crippen LogP contribution in [-0.4, -0.2) is 52.3 Å². The Labute approximate surface area is 270 Å². The van der Waals surface area contributed by atoms with E-state index in [0.717, 1.165) is 9.80 Å². The second-order valence-electron chi connectivity index (χ2n) is 11.0. The maximum Gasteiger partial charge on any atom is 0.332 e. The number of barbiturate groups is 1. The van der Waals surface area contributed by atoms with Gasteiger partial charge in [-0.25, -0.2) is 14.6 Å². The lowest BCUT2D eigenvalue weighted by Gasteiger charge is -2.48. The number of hydrogen-bond donors (Lipinski definition) is 2. The van der Waals surface area contributed by atoms with Crippen LogP contribution in [0.25, 0.3) is 0 Å². The molecule has 0 bridgehead atoms. The lowest BCUT2D eigenvalue weighted by atomic mass is 9.63. The van der Waals surface area contributed by atoms with Gasteiger partial charge in [-0.1, -0.05) is 108 Å². The largest absolute Gasteiger partial charge is 0.332 e. The number of amides is 4. The van der Waals surface area contributed by atoms with Crippen molar-refractivity contribution in [2.75, 3.05) is 14.1 Å². The molecule has 9 nitrogen and oxygen atoms in total. The number of hydrogen-bond acceptors (Lipinski definition) is 7. The quantitative estimate of drug-likeness (QED) is 0.108. The summed E-state index contributed by atoms with van der Waals surface area (Å²) in [5.41, 5.74) is -4.35. The van der Waals surface area contributed by atoms with Gasteiger partial charge in [0.15, 0.2) is 11.2 Å². The molecule has 1 aliphatic heterocycles. The molecule has 1 saturated heterocycles. The van der Waals surface area contributed by atoms with E-state index in [-0.39, 0.29) is 0 Å². The van der Waals surface area contributed by atoms with Crippen LogP contribution >= 0.6 is 23.2 Å². The zero-order chi connectivity index (χ0) is 32.4. The van der Waals surface area contributed by atoms with Crippen molar-refractivity contribution in [2.24, 2.45) is 5.41 Å². The zero-order valence-corrected chi connectivity index (χ0v) is 25.9. The molecule has 11 heteroatoms. The summed E-state index contributed by atoms with van der Waals surface area (Å²) in [6.07, 6.45) is -1.04. The highest BCUT2D eigenvalue weighted by Gasteiger charge is 2.63. The molecule has 5 rings (SSSR count). The second kappa shape index (κ2) is 12.7. The Bertz CT molecular complexity index is 1560. The lowest BCUT2D eigenvalue weighted by molar-refractivity contribution is -0.333. The smallest absolute Gasteiger partial charge is 0.273 e. The molecule has 2 unspecified atom stereocenters. The van der Waals surface area contributed by atoms with Crippen LogP contribution in [0.15, 0.2) is 109 Å². The Hall–Kier alpha value is -4.09.